The Hall–Kier alpha value is -2.41. The Kier molecular flexibility index (Phi) is 5.33. The van der Waals surface area contributed by atoms with Gasteiger partial charge in [0.15, 0.2) is 11.6 Å². The van der Waals surface area contributed by atoms with E-state index in [2.05, 4.69) is 19.8 Å². The molecule has 1 fully saturated rings. The van der Waals surface area contributed by atoms with E-state index in [-0.39, 0.29) is 11.6 Å². The summed E-state index contributed by atoms with van der Waals surface area (Å²) in [6.45, 7) is 4.34. The maximum Gasteiger partial charge on any atom is 0.226 e. The van der Waals surface area contributed by atoms with Crippen LogP contribution >= 0.6 is 0 Å². The van der Waals surface area contributed by atoms with Crippen LogP contribution < -0.4 is 14.5 Å². The van der Waals surface area contributed by atoms with Crippen molar-refractivity contribution < 1.29 is 9.13 Å². The number of hydrogen-bond acceptors (Lipinski definition) is 6. The molecule has 0 radical (unpaired) electrons. The summed E-state index contributed by atoms with van der Waals surface area (Å²) in [4.78, 5) is 15.3. The topological polar surface area (TPSA) is 44.7 Å². The Morgan fingerprint density at radius 3 is 2.56 bits per heavy atom. The first kappa shape index (κ1) is 17.4. The molecule has 7 heteroatoms. The van der Waals surface area contributed by atoms with E-state index in [0.29, 0.717) is 5.95 Å². The Labute approximate surface area is 147 Å². The van der Waals surface area contributed by atoms with Crippen molar-refractivity contribution in [3.05, 3.63) is 41.8 Å². The van der Waals surface area contributed by atoms with E-state index in [1.165, 1.54) is 7.11 Å². The highest BCUT2D eigenvalue weighted by Crippen LogP contribution is 2.20. The lowest BCUT2D eigenvalue weighted by atomic mass is 10.2. The summed E-state index contributed by atoms with van der Waals surface area (Å²) in [6.07, 6.45) is 1.80. The molecule has 1 saturated heterocycles. The van der Waals surface area contributed by atoms with E-state index in [1.54, 1.807) is 18.3 Å². The molecule has 0 N–H and O–H groups in total. The molecular weight excluding hydrogens is 321 g/mol. The average Bonchev–Trinajstić information content (AvgIpc) is 2.62. The minimum Gasteiger partial charge on any atom is -0.494 e. The van der Waals surface area contributed by atoms with E-state index < -0.39 is 0 Å². The lowest BCUT2D eigenvalue weighted by Gasteiger charge is -2.35. The highest BCUT2D eigenvalue weighted by Gasteiger charge is 2.19. The van der Waals surface area contributed by atoms with Gasteiger partial charge in [-0.1, -0.05) is 6.07 Å². The molecule has 3 rings (SSSR count). The second-order valence-electron chi connectivity index (χ2n) is 6.34. The zero-order valence-corrected chi connectivity index (χ0v) is 14.9. The van der Waals surface area contributed by atoms with Crippen LogP contribution in [0.25, 0.3) is 0 Å². The van der Waals surface area contributed by atoms with Gasteiger partial charge in [-0.25, -0.2) is 9.37 Å². The SMILES string of the molecule is COc1ccc(CN2CCN(c3ccnc(N(C)C)n3)CC2)cc1F. The molecule has 6 nitrogen and oxygen atoms in total. The van der Waals surface area contributed by atoms with Crippen LogP contribution in [0.4, 0.5) is 16.2 Å². The van der Waals surface area contributed by atoms with Gasteiger partial charge in [0.25, 0.3) is 0 Å². The number of anilines is 2. The third kappa shape index (κ3) is 4.17. The standard InChI is InChI=1S/C18H24FN5O/c1-22(2)18-20-7-6-17(21-18)24-10-8-23(9-11-24)13-14-4-5-16(25-3)15(19)12-14/h4-7,12H,8-11,13H2,1-3H3. The van der Waals surface area contributed by atoms with Gasteiger partial charge in [-0.05, 0) is 23.8 Å². The number of ether oxygens (including phenoxy) is 1. The quantitative estimate of drug-likeness (QED) is 0.826. The Bertz CT molecular complexity index is 716. The fourth-order valence-electron chi connectivity index (χ4n) is 2.93. The van der Waals surface area contributed by atoms with Gasteiger partial charge < -0.3 is 14.5 Å². The molecule has 0 aliphatic carbocycles. The molecule has 2 heterocycles. The number of methoxy groups -OCH3 is 1. The van der Waals surface area contributed by atoms with Gasteiger partial charge in [0.2, 0.25) is 5.95 Å². The zero-order valence-electron chi connectivity index (χ0n) is 14.9. The second kappa shape index (κ2) is 7.65. The smallest absolute Gasteiger partial charge is 0.226 e. The molecule has 0 spiro atoms. The third-order valence-electron chi connectivity index (χ3n) is 4.35. The van der Waals surface area contributed by atoms with Crippen molar-refractivity contribution in [1.82, 2.24) is 14.9 Å². The molecule has 0 saturated carbocycles. The monoisotopic (exact) mass is 345 g/mol. The maximum absolute atomic E-state index is 13.8. The van der Waals surface area contributed by atoms with E-state index in [9.17, 15) is 4.39 Å². The fraction of sp³-hybridized carbons (Fsp3) is 0.444. The molecule has 25 heavy (non-hydrogen) atoms. The number of rotatable bonds is 5. The van der Waals surface area contributed by atoms with Crippen molar-refractivity contribution in [2.75, 3.05) is 57.2 Å². The first-order chi connectivity index (χ1) is 12.1. The maximum atomic E-state index is 13.8. The number of piperazine rings is 1. The van der Waals surface area contributed by atoms with E-state index in [0.717, 1.165) is 44.1 Å². The van der Waals surface area contributed by atoms with Crippen LogP contribution in [-0.4, -0.2) is 62.3 Å². The van der Waals surface area contributed by atoms with E-state index in [4.69, 9.17) is 4.74 Å². The summed E-state index contributed by atoms with van der Waals surface area (Å²) in [5, 5.41) is 0. The molecule has 0 bridgehead atoms. The number of benzene rings is 1. The Morgan fingerprint density at radius 1 is 1.16 bits per heavy atom. The Morgan fingerprint density at radius 2 is 1.92 bits per heavy atom. The van der Waals surface area contributed by atoms with Crippen molar-refractivity contribution in [3.63, 3.8) is 0 Å². The lowest BCUT2D eigenvalue weighted by Crippen LogP contribution is -2.46. The molecular formula is C18H24FN5O. The van der Waals surface area contributed by atoms with Crippen LogP contribution in [-0.2, 0) is 6.54 Å². The van der Waals surface area contributed by atoms with Crippen molar-refractivity contribution in [2.24, 2.45) is 0 Å². The van der Waals surface area contributed by atoms with Gasteiger partial charge >= 0.3 is 0 Å². The van der Waals surface area contributed by atoms with Gasteiger partial charge in [-0.15, -0.1) is 0 Å². The first-order valence-corrected chi connectivity index (χ1v) is 8.37. The van der Waals surface area contributed by atoms with Gasteiger partial charge in [0.05, 0.1) is 7.11 Å². The van der Waals surface area contributed by atoms with Crippen LogP contribution in [0.2, 0.25) is 0 Å². The van der Waals surface area contributed by atoms with Crippen molar-refractivity contribution in [1.29, 1.82) is 0 Å². The molecule has 2 aromatic rings. The molecule has 1 aliphatic rings. The number of hydrogen-bond donors (Lipinski definition) is 0. The van der Waals surface area contributed by atoms with Gasteiger partial charge in [0, 0.05) is 53.0 Å². The number of halogens is 1. The molecule has 0 atom stereocenters. The van der Waals surface area contributed by atoms with Crippen molar-refractivity contribution >= 4 is 11.8 Å². The molecule has 1 aliphatic heterocycles. The normalized spacial score (nSPS) is 15.3. The predicted molar refractivity (Wildman–Crippen MR) is 96.8 cm³/mol. The van der Waals surface area contributed by atoms with E-state index >= 15 is 0 Å². The highest BCUT2D eigenvalue weighted by atomic mass is 19.1. The van der Waals surface area contributed by atoms with Gasteiger partial charge in [-0.2, -0.15) is 4.98 Å². The summed E-state index contributed by atoms with van der Waals surface area (Å²) in [6, 6.07) is 7.10. The molecule has 134 valence electrons. The predicted octanol–water partition coefficient (Wildman–Crippen LogP) is 2.01. The fourth-order valence-corrected chi connectivity index (χ4v) is 2.93. The van der Waals surface area contributed by atoms with Crippen LogP contribution in [0.15, 0.2) is 30.5 Å². The molecule has 0 amide bonds. The molecule has 1 aromatic carbocycles. The van der Waals surface area contributed by atoms with Crippen LogP contribution in [0.3, 0.4) is 0 Å². The summed E-state index contributed by atoms with van der Waals surface area (Å²) in [7, 11) is 5.35. The summed E-state index contributed by atoms with van der Waals surface area (Å²) in [5.41, 5.74) is 0.962. The molecule has 0 unspecified atom stereocenters. The largest absolute Gasteiger partial charge is 0.494 e. The second-order valence-corrected chi connectivity index (χ2v) is 6.34. The first-order valence-electron chi connectivity index (χ1n) is 8.37. The minimum absolute atomic E-state index is 0.286. The summed E-state index contributed by atoms with van der Waals surface area (Å²) < 4.78 is 18.8. The Balaban J connectivity index is 1.58. The zero-order chi connectivity index (χ0) is 17.8. The highest BCUT2D eigenvalue weighted by molar-refractivity contribution is 5.43. The minimum atomic E-state index is -0.309. The van der Waals surface area contributed by atoms with Gasteiger partial charge in [-0.3, -0.25) is 4.90 Å². The average molecular weight is 345 g/mol. The lowest BCUT2D eigenvalue weighted by molar-refractivity contribution is 0.249. The summed E-state index contributed by atoms with van der Waals surface area (Å²) >= 11 is 0. The van der Waals surface area contributed by atoms with E-state index in [1.807, 2.05) is 31.1 Å². The van der Waals surface area contributed by atoms with Crippen LogP contribution in [0.5, 0.6) is 5.75 Å². The van der Waals surface area contributed by atoms with Crippen molar-refractivity contribution in [3.8, 4) is 5.75 Å². The van der Waals surface area contributed by atoms with Gasteiger partial charge in [0.1, 0.15) is 5.82 Å². The van der Waals surface area contributed by atoms with Crippen LogP contribution in [0.1, 0.15) is 5.56 Å². The molecule has 1 aromatic heterocycles. The third-order valence-corrected chi connectivity index (χ3v) is 4.35. The van der Waals surface area contributed by atoms with Crippen molar-refractivity contribution in [2.45, 2.75) is 6.54 Å². The summed E-state index contributed by atoms with van der Waals surface area (Å²) in [5.74, 6) is 1.65. The van der Waals surface area contributed by atoms with Crippen LogP contribution in [0, 0.1) is 5.82 Å². The number of aromatic nitrogens is 2. The number of nitrogens with zero attached hydrogens (tertiary/aromatic N) is 5.